The van der Waals surface area contributed by atoms with E-state index in [0.29, 0.717) is 0 Å². The Morgan fingerprint density at radius 1 is 0.396 bits per heavy atom. The van der Waals surface area contributed by atoms with Crippen molar-refractivity contribution >= 4 is 92.5 Å². The molecule has 0 amide bonds. The molecule has 0 atom stereocenters. The Morgan fingerprint density at radius 2 is 1.08 bits per heavy atom. The highest BCUT2D eigenvalue weighted by atomic mass is 15.1. The molecule has 8 aromatic carbocycles. The zero-order chi connectivity index (χ0) is 31.1. The number of nitrogens with zero attached hydrogens (tertiary/aromatic N) is 4. The molecule has 0 aliphatic rings. The molecule has 48 heavy (non-hydrogen) atoms. The summed E-state index contributed by atoms with van der Waals surface area (Å²) >= 11 is 0. The number of para-hydroxylation sites is 1. The van der Waals surface area contributed by atoms with Gasteiger partial charge in [0.05, 0.1) is 38.6 Å². The van der Waals surface area contributed by atoms with Crippen LogP contribution in [-0.2, 0) is 0 Å². The molecule has 4 heteroatoms. The van der Waals surface area contributed by atoms with Gasteiger partial charge in [0.1, 0.15) is 5.69 Å². The predicted molar refractivity (Wildman–Crippen MR) is 200 cm³/mol. The zero-order valence-electron chi connectivity index (χ0n) is 25.6. The third kappa shape index (κ3) is 2.92. The van der Waals surface area contributed by atoms with Crippen molar-refractivity contribution < 1.29 is 0 Å². The van der Waals surface area contributed by atoms with E-state index in [0.717, 1.165) is 49.9 Å². The van der Waals surface area contributed by atoms with Gasteiger partial charge in [-0.05, 0) is 46.5 Å². The molecule has 4 heterocycles. The van der Waals surface area contributed by atoms with Crippen LogP contribution in [0.1, 0.15) is 0 Å². The van der Waals surface area contributed by atoms with Crippen LogP contribution in [0.5, 0.6) is 0 Å². The van der Waals surface area contributed by atoms with E-state index in [1.54, 1.807) is 0 Å². The monoisotopic (exact) mass is 608 g/mol. The summed E-state index contributed by atoms with van der Waals surface area (Å²) in [4.78, 5) is 11.0. The van der Waals surface area contributed by atoms with Crippen molar-refractivity contribution in [1.82, 2.24) is 18.9 Å². The Bertz CT molecular complexity index is 3280. The molecule has 0 aliphatic carbocycles. The van der Waals surface area contributed by atoms with Crippen LogP contribution >= 0.6 is 0 Å². The molecule has 220 valence electrons. The maximum Gasteiger partial charge on any atom is 0.165 e. The molecule has 0 saturated carbocycles. The van der Waals surface area contributed by atoms with Crippen molar-refractivity contribution in [3.05, 3.63) is 146 Å². The van der Waals surface area contributed by atoms with E-state index in [-0.39, 0.29) is 0 Å². The van der Waals surface area contributed by atoms with Crippen molar-refractivity contribution in [1.29, 1.82) is 0 Å². The molecule has 12 rings (SSSR count). The van der Waals surface area contributed by atoms with Gasteiger partial charge in [0.25, 0.3) is 0 Å². The molecule has 0 spiro atoms. The second kappa shape index (κ2) is 8.64. The van der Waals surface area contributed by atoms with Gasteiger partial charge >= 0.3 is 0 Å². The van der Waals surface area contributed by atoms with Gasteiger partial charge in [0, 0.05) is 43.3 Å². The number of aromatic nitrogens is 4. The minimum atomic E-state index is 0.840. The van der Waals surface area contributed by atoms with E-state index in [4.69, 9.17) is 9.97 Å². The first kappa shape index (κ1) is 24.7. The Hall–Kier alpha value is -6.52. The standard InChI is InChI=1S/C44H24N4/c1-2-10-28(11-3-1)41-44(46-42-29-13-5-4-9-25(29)19-22-32(42)45-41)48-35-23-20-27-18-17-26-12-8-16-34-37(26)38(27)39(35)40-36(48)24-21-31-30-14-6-7-15-33(30)47(34)43(31)40/h1-24H. The van der Waals surface area contributed by atoms with Crippen LogP contribution in [0.15, 0.2) is 146 Å². The van der Waals surface area contributed by atoms with Crippen molar-refractivity contribution in [2.45, 2.75) is 0 Å². The number of benzene rings is 8. The predicted octanol–water partition coefficient (Wildman–Crippen LogP) is 11.3. The highest BCUT2D eigenvalue weighted by molar-refractivity contribution is 6.37. The number of rotatable bonds is 2. The van der Waals surface area contributed by atoms with Crippen molar-refractivity contribution in [2.75, 3.05) is 0 Å². The lowest BCUT2D eigenvalue weighted by atomic mass is 9.97. The molecule has 12 aromatic rings. The van der Waals surface area contributed by atoms with E-state index in [9.17, 15) is 0 Å². The number of fused-ring (bicyclic) bond motifs is 7. The summed E-state index contributed by atoms with van der Waals surface area (Å²) in [5.41, 5.74) is 9.68. The van der Waals surface area contributed by atoms with Gasteiger partial charge in [-0.15, -0.1) is 0 Å². The molecular weight excluding hydrogens is 585 g/mol. The van der Waals surface area contributed by atoms with Crippen LogP contribution in [0.25, 0.3) is 110 Å². The van der Waals surface area contributed by atoms with E-state index in [2.05, 4.69) is 155 Å². The second-order valence-electron chi connectivity index (χ2n) is 13.0. The maximum absolute atomic E-state index is 5.59. The van der Waals surface area contributed by atoms with Crippen molar-refractivity contribution in [3.8, 4) is 17.1 Å². The van der Waals surface area contributed by atoms with E-state index < -0.39 is 0 Å². The largest absolute Gasteiger partial charge is 0.308 e. The van der Waals surface area contributed by atoms with Crippen LogP contribution in [0.2, 0.25) is 0 Å². The lowest BCUT2D eigenvalue weighted by Crippen LogP contribution is -2.04. The second-order valence-corrected chi connectivity index (χ2v) is 13.0. The molecule has 0 N–H and O–H groups in total. The molecule has 0 unspecified atom stereocenters. The molecule has 4 aromatic heterocycles. The molecule has 0 radical (unpaired) electrons. The topological polar surface area (TPSA) is 35.1 Å². The normalized spacial score (nSPS) is 12.6. The van der Waals surface area contributed by atoms with E-state index in [1.807, 2.05) is 0 Å². The summed E-state index contributed by atoms with van der Waals surface area (Å²) < 4.78 is 4.89. The SMILES string of the molecule is c1ccc(-c2nc3ccc4ccccc4c3nc2-n2c3ccc4ccc5cccc6c5c4c3c3c2ccc2c4ccccc4n6c23)cc1. The van der Waals surface area contributed by atoms with Crippen molar-refractivity contribution in [3.63, 3.8) is 0 Å². The van der Waals surface area contributed by atoms with Crippen molar-refractivity contribution in [2.24, 2.45) is 0 Å². The van der Waals surface area contributed by atoms with Gasteiger partial charge in [-0.1, -0.05) is 115 Å². The van der Waals surface area contributed by atoms with E-state index >= 15 is 0 Å². The number of hydrogen-bond acceptors (Lipinski definition) is 2. The molecular formula is C44H24N4. The van der Waals surface area contributed by atoms with Crippen LogP contribution in [-0.4, -0.2) is 18.9 Å². The zero-order valence-corrected chi connectivity index (χ0v) is 25.6. The van der Waals surface area contributed by atoms with Gasteiger partial charge < -0.3 is 4.40 Å². The quantitative estimate of drug-likeness (QED) is 0.183. The lowest BCUT2D eigenvalue weighted by molar-refractivity contribution is 1.08. The van der Waals surface area contributed by atoms with Crippen LogP contribution in [0.4, 0.5) is 0 Å². The van der Waals surface area contributed by atoms with Gasteiger partial charge in [-0.2, -0.15) is 0 Å². The summed E-state index contributed by atoms with van der Waals surface area (Å²) in [7, 11) is 0. The summed E-state index contributed by atoms with van der Waals surface area (Å²) in [6.07, 6.45) is 0. The number of hydrogen-bond donors (Lipinski definition) is 0. The van der Waals surface area contributed by atoms with Crippen LogP contribution in [0.3, 0.4) is 0 Å². The molecule has 4 nitrogen and oxygen atoms in total. The minimum absolute atomic E-state index is 0.840. The highest BCUT2D eigenvalue weighted by Gasteiger charge is 2.26. The first-order chi connectivity index (χ1) is 23.8. The molecule has 0 fully saturated rings. The van der Waals surface area contributed by atoms with Gasteiger partial charge in [-0.3, -0.25) is 4.57 Å². The lowest BCUT2D eigenvalue weighted by Gasteiger charge is -2.15. The Balaban J connectivity index is 1.38. The van der Waals surface area contributed by atoms with Gasteiger partial charge in [0.15, 0.2) is 5.82 Å². The minimum Gasteiger partial charge on any atom is -0.308 e. The summed E-state index contributed by atoms with van der Waals surface area (Å²) in [6, 6.07) is 52.5. The molecule has 0 bridgehead atoms. The highest BCUT2D eigenvalue weighted by Crippen LogP contribution is 2.48. The fraction of sp³-hybridized carbons (Fsp3) is 0. The fourth-order valence-electron chi connectivity index (χ4n) is 8.60. The van der Waals surface area contributed by atoms with Gasteiger partial charge in [-0.25, -0.2) is 9.97 Å². The fourth-order valence-corrected chi connectivity index (χ4v) is 8.60. The Kier molecular flexibility index (Phi) is 4.44. The third-order valence-electron chi connectivity index (χ3n) is 10.6. The van der Waals surface area contributed by atoms with E-state index in [1.165, 1.54) is 59.6 Å². The summed E-state index contributed by atoms with van der Waals surface area (Å²) in [5, 5.41) is 12.4. The smallest absolute Gasteiger partial charge is 0.165 e. The average Bonchev–Trinajstić information content (AvgIpc) is 3.62. The first-order valence-electron chi connectivity index (χ1n) is 16.4. The first-order valence-corrected chi connectivity index (χ1v) is 16.4. The maximum atomic E-state index is 5.59. The molecule has 0 aliphatic heterocycles. The Labute approximate surface area is 273 Å². The van der Waals surface area contributed by atoms with Gasteiger partial charge in [0.2, 0.25) is 0 Å². The average molecular weight is 609 g/mol. The van der Waals surface area contributed by atoms with Crippen LogP contribution in [0, 0.1) is 0 Å². The Morgan fingerprint density at radius 3 is 2.00 bits per heavy atom. The van der Waals surface area contributed by atoms with Crippen LogP contribution < -0.4 is 0 Å². The third-order valence-corrected chi connectivity index (χ3v) is 10.6. The molecule has 0 saturated heterocycles. The summed E-state index contributed by atoms with van der Waals surface area (Å²) in [5.74, 6) is 0.840. The summed E-state index contributed by atoms with van der Waals surface area (Å²) in [6.45, 7) is 0.